The summed E-state index contributed by atoms with van der Waals surface area (Å²) >= 11 is 0. The smallest absolute Gasteiger partial charge is 0.240 e. The molecule has 1 aromatic rings. The van der Waals surface area contributed by atoms with Gasteiger partial charge in [0.25, 0.3) is 0 Å². The van der Waals surface area contributed by atoms with Crippen LogP contribution in [0.1, 0.15) is 45.2 Å². The van der Waals surface area contributed by atoms with Crippen LogP contribution in [0, 0.1) is 0 Å². The predicted octanol–water partition coefficient (Wildman–Crippen LogP) is 1.45. The van der Waals surface area contributed by atoms with Crippen LogP contribution in [-0.2, 0) is 14.8 Å². The number of carbonyl (C=O) groups is 1. The van der Waals surface area contributed by atoms with E-state index in [9.17, 15) is 13.2 Å². The Balaban J connectivity index is 0.00000441. The largest absolute Gasteiger partial charge is 0.348 e. The minimum atomic E-state index is -3.71. The zero-order chi connectivity index (χ0) is 16.3. The highest BCUT2D eigenvalue weighted by atomic mass is 35.5. The molecule has 1 amide bonds. The van der Waals surface area contributed by atoms with E-state index in [0.717, 1.165) is 12.0 Å². The first kappa shape index (κ1) is 20.9. The van der Waals surface area contributed by atoms with Gasteiger partial charge in [0.05, 0.1) is 16.5 Å². The summed E-state index contributed by atoms with van der Waals surface area (Å²) in [7, 11) is -3.71. The molecule has 6 nitrogen and oxygen atoms in total. The molecule has 2 unspecified atom stereocenters. The van der Waals surface area contributed by atoms with E-state index >= 15 is 0 Å². The highest BCUT2D eigenvalue weighted by Crippen LogP contribution is 2.17. The second kappa shape index (κ2) is 7.92. The number of hydrogen-bond donors (Lipinski definition) is 3. The molecular formula is C14H24ClN3O3S. The summed E-state index contributed by atoms with van der Waals surface area (Å²) in [6.45, 7) is 5.47. The number of hydrogen-bond acceptors (Lipinski definition) is 4. The third-order valence-corrected chi connectivity index (χ3v) is 4.27. The Morgan fingerprint density at radius 1 is 1.32 bits per heavy atom. The van der Waals surface area contributed by atoms with Crippen molar-refractivity contribution >= 4 is 28.3 Å². The van der Waals surface area contributed by atoms with Crippen LogP contribution in [-0.4, -0.2) is 19.9 Å². The Bertz CT molecular complexity index is 600. The minimum absolute atomic E-state index is 0. The number of amides is 1. The van der Waals surface area contributed by atoms with E-state index in [0.29, 0.717) is 6.42 Å². The molecule has 0 radical (unpaired) electrons. The number of nitrogens with two attached hydrogens (primary N) is 2. The predicted molar refractivity (Wildman–Crippen MR) is 89.1 cm³/mol. The molecule has 22 heavy (non-hydrogen) atoms. The second-order valence-electron chi connectivity index (χ2n) is 5.48. The van der Waals surface area contributed by atoms with Gasteiger partial charge in [0.2, 0.25) is 15.9 Å². The Labute approximate surface area is 138 Å². The molecule has 0 saturated carbocycles. The van der Waals surface area contributed by atoms with Crippen LogP contribution in [0.25, 0.3) is 0 Å². The van der Waals surface area contributed by atoms with Crippen molar-refractivity contribution in [2.75, 3.05) is 0 Å². The average Bonchev–Trinajstić information content (AvgIpc) is 2.37. The molecule has 5 N–H and O–H groups in total. The van der Waals surface area contributed by atoms with E-state index in [4.69, 9.17) is 10.9 Å². The van der Waals surface area contributed by atoms with Crippen molar-refractivity contribution in [1.29, 1.82) is 0 Å². The lowest BCUT2D eigenvalue weighted by molar-refractivity contribution is -0.126. The normalized spacial score (nSPS) is 15.3. The molecule has 0 aromatic heterocycles. The summed E-state index contributed by atoms with van der Waals surface area (Å²) in [6.07, 6.45) is 1.41. The van der Waals surface area contributed by atoms with E-state index < -0.39 is 15.6 Å². The van der Waals surface area contributed by atoms with Gasteiger partial charge in [-0.3, -0.25) is 4.79 Å². The summed E-state index contributed by atoms with van der Waals surface area (Å²) < 4.78 is 22.4. The molecule has 0 fully saturated rings. The third kappa shape index (κ3) is 5.57. The number of nitrogens with one attached hydrogen (secondary N) is 1. The van der Waals surface area contributed by atoms with Gasteiger partial charge in [0.15, 0.2) is 0 Å². The fourth-order valence-corrected chi connectivity index (χ4v) is 2.54. The van der Waals surface area contributed by atoms with Gasteiger partial charge >= 0.3 is 0 Å². The number of sulfonamides is 1. The van der Waals surface area contributed by atoms with Crippen LogP contribution in [0.4, 0.5) is 0 Å². The van der Waals surface area contributed by atoms with Crippen LogP contribution in [0.3, 0.4) is 0 Å². The van der Waals surface area contributed by atoms with E-state index in [-0.39, 0.29) is 29.3 Å². The van der Waals surface area contributed by atoms with Crippen molar-refractivity contribution < 1.29 is 13.2 Å². The summed E-state index contributed by atoms with van der Waals surface area (Å²) in [5.74, 6) is -0.229. The maximum atomic E-state index is 12.1. The van der Waals surface area contributed by atoms with Gasteiger partial charge in [-0.1, -0.05) is 25.5 Å². The topological polar surface area (TPSA) is 115 Å². The lowest BCUT2D eigenvalue weighted by atomic mass is 9.95. The standard InChI is InChI=1S/C14H23N3O3S.ClH/c1-4-9-14(3,15)13(18)17-10(2)11-5-7-12(8-6-11)21(16,19)20;/h5-8,10H,4,9,15H2,1-3H3,(H,17,18)(H2,16,19,20);1H. The van der Waals surface area contributed by atoms with Gasteiger partial charge in [-0.15, -0.1) is 12.4 Å². The zero-order valence-electron chi connectivity index (χ0n) is 13.0. The maximum Gasteiger partial charge on any atom is 0.240 e. The van der Waals surface area contributed by atoms with Crippen molar-refractivity contribution in [3.05, 3.63) is 29.8 Å². The second-order valence-corrected chi connectivity index (χ2v) is 7.04. The highest BCUT2D eigenvalue weighted by molar-refractivity contribution is 7.89. The Morgan fingerprint density at radius 3 is 2.23 bits per heavy atom. The molecule has 0 aliphatic carbocycles. The van der Waals surface area contributed by atoms with Crippen LogP contribution < -0.4 is 16.2 Å². The first-order valence-corrected chi connectivity index (χ1v) is 8.35. The highest BCUT2D eigenvalue weighted by Gasteiger charge is 2.28. The van der Waals surface area contributed by atoms with Gasteiger partial charge in [-0.05, 0) is 38.0 Å². The molecule has 2 atom stereocenters. The molecular weight excluding hydrogens is 326 g/mol. The number of primary sulfonamides is 1. The lowest BCUT2D eigenvalue weighted by Crippen LogP contribution is -2.52. The average molecular weight is 350 g/mol. The summed E-state index contributed by atoms with van der Waals surface area (Å²) in [6, 6.07) is 5.81. The molecule has 1 aromatic carbocycles. The molecule has 126 valence electrons. The van der Waals surface area contributed by atoms with Crippen molar-refractivity contribution in [2.24, 2.45) is 10.9 Å². The molecule has 0 aliphatic heterocycles. The van der Waals surface area contributed by atoms with E-state index in [1.54, 1.807) is 19.1 Å². The lowest BCUT2D eigenvalue weighted by Gasteiger charge is -2.25. The molecule has 0 spiro atoms. The van der Waals surface area contributed by atoms with Crippen LogP contribution in [0.15, 0.2) is 29.2 Å². The van der Waals surface area contributed by atoms with Crippen LogP contribution in [0.5, 0.6) is 0 Å². The number of halogens is 1. The zero-order valence-corrected chi connectivity index (χ0v) is 14.6. The molecule has 1 rings (SSSR count). The van der Waals surface area contributed by atoms with Crippen molar-refractivity contribution in [2.45, 2.75) is 50.1 Å². The van der Waals surface area contributed by atoms with Gasteiger partial charge in [-0.2, -0.15) is 0 Å². The summed E-state index contributed by atoms with van der Waals surface area (Å²) in [5, 5.41) is 7.87. The summed E-state index contributed by atoms with van der Waals surface area (Å²) in [4.78, 5) is 12.2. The molecule has 8 heteroatoms. The van der Waals surface area contributed by atoms with Crippen molar-refractivity contribution in [1.82, 2.24) is 5.32 Å². The third-order valence-electron chi connectivity index (χ3n) is 3.34. The Kier molecular flexibility index (Phi) is 7.50. The molecule has 0 bridgehead atoms. The first-order valence-electron chi connectivity index (χ1n) is 6.80. The molecule has 0 aliphatic rings. The fourth-order valence-electron chi connectivity index (χ4n) is 2.02. The monoisotopic (exact) mass is 349 g/mol. The SMILES string of the molecule is CCCC(C)(N)C(=O)NC(C)c1ccc(S(N)(=O)=O)cc1.Cl. The van der Waals surface area contributed by atoms with E-state index in [2.05, 4.69) is 5.32 Å². The minimum Gasteiger partial charge on any atom is -0.348 e. The fraction of sp³-hybridized carbons (Fsp3) is 0.500. The quantitative estimate of drug-likeness (QED) is 0.720. The van der Waals surface area contributed by atoms with Gasteiger partial charge < -0.3 is 11.1 Å². The van der Waals surface area contributed by atoms with Gasteiger partial charge in [0, 0.05) is 0 Å². The molecule has 0 heterocycles. The van der Waals surface area contributed by atoms with Crippen LogP contribution in [0.2, 0.25) is 0 Å². The molecule has 0 saturated heterocycles. The van der Waals surface area contributed by atoms with E-state index in [1.165, 1.54) is 12.1 Å². The van der Waals surface area contributed by atoms with Gasteiger partial charge in [-0.25, -0.2) is 13.6 Å². The number of carbonyl (C=O) groups excluding carboxylic acids is 1. The Morgan fingerprint density at radius 2 is 1.82 bits per heavy atom. The van der Waals surface area contributed by atoms with Crippen molar-refractivity contribution in [3.8, 4) is 0 Å². The van der Waals surface area contributed by atoms with Gasteiger partial charge in [0.1, 0.15) is 0 Å². The number of rotatable bonds is 6. The van der Waals surface area contributed by atoms with Crippen molar-refractivity contribution in [3.63, 3.8) is 0 Å². The number of benzene rings is 1. The Hall–Kier alpha value is -1.15. The first-order chi connectivity index (χ1) is 9.58. The maximum absolute atomic E-state index is 12.1. The van der Waals surface area contributed by atoms with E-state index in [1.807, 2.05) is 13.8 Å². The van der Waals surface area contributed by atoms with Crippen LogP contribution >= 0.6 is 12.4 Å². The summed E-state index contributed by atoms with van der Waals surface area (Å²) in [5.41, 5.74) is 5.84.